The van der Waals surface area contributed by atoms with Crippen molar-refractivity contribution >= 4 is 27.5 Å². The summed E-state index contributed by atoms with van der Waals surface area (Å²) in [5.41, 5.74) is -2.08. The first-order valence-corrected chi connectivity index (χ1v) is 15.2. The molecule has 16 heteroatoms. The number of nitrogens with one attached hydrogen (secondary N) is 2. The zero-order valence-corrected chi connectivity index (χ0v) is 24.8. The molecular weight excluding hydrogens is 611 g/mol. The summed E-state index contributed by atoms with van der Waals surface area (Å²) in [6.07, 6.45) is -3.27. The van der Waals surface area contributed by atoms with Gasteiger partial charge in [0.15, 0.2) is 5.69 Å². The van der Waals surface area contributed by atoms with Gasteiger partial charge in [0.2, 0.25) is 10.0 Å². The van der Waals surface area contributed by atoms with Gasteiger partial charge in [-0.25, -0.2) is 8.42 Å². The third kappa shape index (κ3) is 7.91. The zero-order chi connectivity index (χ0) is 31.5. The van der Waals surface area contributed by atoms with E-state index in [2.05, 4.69) is 19.9 Å². The lowest BCUT2D eigenvalue weighted by molar-refractivity contribution is -0.211. The van der Waals surface area contributed by atoms with Crippen LogP contribution in [0.15, 0.2) is 18.2 Å². The third-order valence-corrected chi connectivity index (χ3v) is 9.63. The van der Waals surface area contributed by atoms with Gasteiger partial charge < -0.3 is 15.2 Å². The van der Waals surface area contributed by atoms with Crippen LogP contribution in [-0.4, -0.2) is 60.5 Å². The average Bonchev–Trinajstić information content (AvgIpc) is 3.22. The minimum atomic E-state index is -4.53. The van der Waals surface area contributed by atoms with Crippen LogP contribution in [0.25, 0.3) is 11.3 Å². The molecule has 1 aliphatic rings. The number of aromatic nitrogens is 2. The van der Waals surface area contributed by atoms with Crippen LogP contribution in [-0.2, 0) is 23.0 Å². The first-order valence-electron chi connectivity index (χ1n) is 13.3. The summed E-state index contributed by atoms with van der Waals surface area (Å²) in [6, 6.07) is 3.77. The van der Waals surface area contributed by atoms with Gasteiger partial charge in [-0.1, -0.05) is 31.5 Å². The van der Waals surface area contributed by atoms with E-state index < -0.39 is 58.3 Å². The van der Waals surface area contributed by atoms with E-state index in [0.717, 1.165) is 19.9 Å². The molecule has 1 heterocycles. The molecule has 0 aliphatic heterocycles. The lowest BCUT2D eigenvalue weighted by Gasteiger charge is -2.28. The van der Waals surface area contributed by atoms with Gasteiger partial charge in [0, 0.05) is 18.7 Å². The molecule has 3 N–H and O–H groups in total. The number of nitrogens with zero attached hydrogens (tertiary/aromatic N) is 2. The predicted octanol–water partition coefficient (Wildman–Crippen LogP) is 5.11. The van der Waals surface area contributed by atoms with E-state index in [-0.39, 0.29) is 46.5 Å². The van der Waals surface area contributed by atoms with E-state index in [9.17, 15) is 35.2 Å². The molecule has 1 aromatic carbocycles. The molecule has 0 spiro atoms. The Hall–Kier alpha value is -2.49. The van der Waals surface area contributed by atoms with E-state index >= 15 is 0 Å². The largest absolute Gasteiger partial charge is 0.434 e. The zero-order valence-electron chi connectivity index (χ0n) is 23.3. The van der Waals surface area contributed by atoms with Gasteiger partial charge in [0.25, 0.3) is 5.91 Å². The number of benzene rings is 1. The summed E-state index contributed by atoms with van der Waals surface area (Å²) < 4.78 is 99.2. The number of aliphatic hydroxyl groups excluding tert-OH is 1. The molecule has 42 heavy (non-hydrogen) atoms. The molecule has 1 aliphatic carbocycles. The quantitative estimate of drug-likeness (QED) is 0.218. The maximum absolute atomic E-state index is 13.4. The van der Waals surface area contributed by atoms with Crippen LogP contribution in [0.2, 0.25) is 5.02 Å². The summed E-state index contributed by atoms with van der Waals surface area (Å²) in [5, 5.41) is 15.1. The smallest absolute Gasteiger partial charge is 0.394 e. The molecule has 1 amide bonds. The second kappa shape index (κ2) is 13.4. The molecular formula is C26H34ClF5N4O5S. The second-order valence-electron chi connectivity index (χ2n) is 10.8. The highest BCUT2D eigenvalue weighted by Gasteiger charge is 2.47. The van der Waals surface area contributed by atoms with Crippen molar-refractivity contribution in [2.45, 2.75) is 77.5 Å². The van der Waals surface area contributed by atoms with Crippen molar-refractivity contribution in [2.75, 3.05) is 13.3 Å². The van der Waals surface area contributed by atoms with Crippen LogP contribution < -0.4 is 14.8 Å². The highest BCUT2D eigenvalue weighted by Crippen LogP contribution is 2.43. The van der Waals surface area contributed by atoms with E-state index in [1.807, 2.05) is 0 Å². The van der Waals surface area contributed by atoms with Gasteiger partial charge in [-0.3, -0.25) is 9.48 Å². The number of hydrogen-bond acceptors (Lipinski definition) is 6. The fourth-order valence-corrected chi connectivity index (χ4v) is 6.55. The number of alkyl halides is 5. The van der Waals surface area contributed by atoms with Gasteiger partial charge in [0.1, 0.15) is 12.5 Å². The molecule has 0 radical (unpaired) electrons. The van der Waals surface area contributed by atoms with Crippen LogP contribution in [0.5, 0.6) is 5.75 Å². The maximum atomic E-state index is 13.4. The molecule has 0 saturated heterocycles. The van der Waals surface area contributed by atoms with Gasteiger partial charge >= 0.3 is 12.8 Å². The number of amides is 1. The van der Waals surface area contributed by atoms with Crippen molar-refractivity contribution in [1.29, 1.82) is 0 Å². The van der Waals surface area contributed by atoms with Crippen molar-refractivity contribution in [1.82, 2.24) is 19.8 Å². The number of carbonyl (C=O) groups excluding carboxylic acids is 1. The summed E-state index contributed by atoms with van der Waals surface area (Å²) in [4.78, 5) is 13.0. The molecule has 0 atom stereocenters. The van der Waals surface area contributed by atoms with Crippen molar-refractivity contribution in [3.63, 3.8) is 0 Å². The molecule has 2 aromatic rings. The predicted molar refractivity (Wildman–Crippen MR) is 146 cm³/mol. The van der Waals surface area contributed by atoms with Crippen molar-refractivity contribution in [3.8, 4) is 17.0 Å². The standard InChI is InChI=1S/C26H34ClF5N4O5S/c1-4-36-22(18-10-7-16(11-19(18)41-24(28)29)12-25(2,3)26(30,31)32)20(27)21(35-36)23(38)33-13-15-5-8-17(9-6-15)42(39,40)34-14-37/h7,10-11,15,17,24,34,37H,4-6,8-9,12-14H2,1-3H3,(H,33,38). The maximum Gasteiger partial charge on any atom is 0.394 e. The molecule has 3 rings (SSSR count). The van der Waals surface area contributed by atoms with E-state index in [1.54, 1.807) is 6.92 Å². The van der Waals surface area contributed by atoms with Crippen LogP contribution in [0.4, 0.5) is 22.0 Å². The van der Waals surface area contributed by atoms with E-state index in [1.165, 1.54) is 16.8 Å². The number of aryl methyl sites for hydroxylation is 1. The monoisotopic (exact) mass is 644 g/mol. The van der Waals surface area contributed by atoms with Crippen LogP contribution >= 0.6 is 11.6 Å². The van der Waals surface area contributed by atoms with Crippen molar-refractivity contribution in [3.05, 3.63) is 34.5 Å². The number of carbonyl (C=O) groups is 1. The molecule has 9 nitrogen and oxygen atoms in total. The summed E-state index contributed by atoms with van der Waals surface area (Å²) in [6.45, 7) is 0.128. The van der Waals surface area contributed by atoms with Crippen molar-refractivity contribution in [2.24, 2.45) is 11.3 Å². The fraction of sp³-hybridized carbons (Fsp3) is 0.615. The van der Waals surface area contributed by atoms with E-state index in [4.69, 9.17) is 16.7 Å². The molecule has 1 aromatic heterocycles. The summed E-state index contributed by atoms with van der Waals surface area (Å²) in [7, 11) is -3.62. The van der Waals surface area contributed by atoms with Crippen LogP contribution in [0.1, 0.15) is 62.5 Å². The fourth-order valence-electron chi connectivity index (χ4n) is 4.92. The molecule has 1 saturated carbocycles. The number of halogens is 6. The van der Waals surface area contributed by atoms with Gasteiger partial charge in [-0.05, 0) is 62.6 Å². The molecule has 0 unspecified atom stereocenters. The second-order valence-corrected chi connectivity index (χ2v) is 13.2. The minimum Gasteiger partial charge on any atom is -0.434 e. The minimum absolute atomic E-state index is 0.0134. The molecule has 0 bridgehead atoms. The van der Waals surface area contributed by atoms with Gasteiger partial charge in [0.05, 0.1) is 21.4 Å². The Morgan fingerprint density at radius 3 is 2.40 bits per heavy atom. The average molecular weight is 645 g/mol. The summed E-state index contributed by atoms with van der Waals surface area (Å²) in [5.74, 6) is -1.06. The van der Waals surface area contributed by atoms with Crippen LogP contribution in [0.3, 0.4) is 0 Å². The number of rotatable bonds is 12. The topological polar surface area (TPSA) is 123 Å². The molecule has 1 fully saturated rings. The number of hydrogen-bond donors (Lipinski definition) is 3. The number of ether oxygens (including phenoxy) is 1. The Kier molecular flexibility index (Phi) is 10.9. The Morgan fingerprint density at radius 2 is 1.86 bits per heavy atom. The highest BCUT2D eigenvalue weighted by molar-refractivity contribution is 7.90. The van der Waals surface area contributed by atoms with Gasteiger partial charge in [-0.15, -0.1) is 0 Å². The Bertz CT molecular complexity index is 1360. The normalized spacial score (nSPS) is 18.4. The van der Waals surface area contributed by atoms with Crippen LogP contribution in [0, 0.1) is 11.3 Å². The SMILES string of the molecule is CCn1nc(C(=O)NCC2CCC(S(=O)(=O)NCO)CC2)c(Cl)c1-c1ccc(CC(C)(C)C(F)(F)F)cc1OC(F)F. The Morgan fingerprint density at radius 1 is 1.21 bits per heavy atom. The highest BCUT2D eigenvalue weighted by atomic mass is 35.5. The van der Waals surface area contributed by atoms with E-state index in [0.29, 0.717) is 25.7 Å². The first kappa shape index (κ1) is 34.0. The van der Waals surface area contributed by atoms with Crippen molar-refractivity contribution < 1.29 is 45.0 Å². The Balaban J connectivity index is 1.82. The number of sulfonamides is 1. The number of aliphatic hydroxyl groups is 1. The lowest BCUT2D eigenvalue weighted by atomic mass is 9.84. The third-order valence-electron chi connectivity index (χ3n) is 7.39. The molecule has 236 valence electrons. The lowest BCUT2D eigenvalue weighted by Crippen LogP contribution is -2.39. The first-order chi connectivity index (χ1) is 19.5. The summed E-state index contributed by atoms with van der Waals surface area (Å²) >= 11 is 6.54. The Labute approximate surface area is 245 Å². The van der Waals surface area contributed by atoms with Gasteiger partial charge in [-0.2, -0.15) is 31.8 Å².